The van der Waals surface area contributed by atoms with E-state index in [0.717, 1.165) is 18.4 Å². The van der Waals surface area contributed by atoms with Gasteiger partial charge in [0.25, 0.3) is 0 Å². The molecule has 0 saturated carbocycles. The molecule has 6 nitrogen and oxygen atoms in total. The zero-order valence-electron chi connectivity index (χ0n) is 15.5. The Labute approximate surface area is 160 Å². The number of carboxylic acid groups (broad SMARTS) is 1. The molecule has 2 N–H and O–H groups in total. The molecular weight excluding hydrogens is 366 g/mol. The summed E-state index contributed by atoms with van der Waals surface area (Å²) in [6, 6.07) is 12.3. The molecule has 0 amide bonds. The summed E-state index contributed by atoms with van der Waals surface area (Å²) in [5.74, 6) is -0.419. The Balaban J connectivity index is 2.19. The van der Waals surface area contributed by atoms with E-state index in [4.69, 9.17) is 4.74 Å². The number of aliphatic carboxylic acids is 1. The van der Waals surface area contributed by atoms with Gasteiger partial charge in [0.05, 0.1) is 24.0 Å². The van der Waals surface area contributed by atoms with Crippen LogP contribution in [0.15, 0.2) is 53.4 Å². The van der Waals surface area contributed by atoms with Crippen LogP contribution in [0.2, 0.25) is 0 Å². The Bertz CT molecular complexity index is 845. The minimum Gasteiger partial charge on any atom is -0.494 e. The number of carbonyl (C=O) groups is 1. The van der Waals surface area contributed by atoms with Crippen molar-refractivity contribution in [2.45, 2.75) is 44.0 Å². The molecule has 0 aromatic heterocycles. The van der Waals surface area contributed by atoms with Gasteiger partial charge in [-0.15, -0.1) is 0 Å². The maximum Gasteiger partial charge on any atom is 0.305 e. The van der Waals surface area contributed by atoms with Crippen molar-refractivity contribution in [2.24, 2.45) is 0 Å². The lowest BCUT2D eigenvalue weighted by atomic mass is 10.0. The van der Waals surface area contributed by atoms with Gasteiger partial charge in [0.2, 0.25) is 10.0 Å². The molecular formula is C20H25NO5S. The molecule has 1 unspecified atom stereocenters. The number of sulfonamides is 1. The number of unbranched alkanes of at least 4 members (excludes halogenated alkanes) is 1. The first kappa shape index (κ1) is 20.9. The average Bonchev–Trinajstić information content (AvgIpc) is 2.62. The number of hydrogen-bond acceptors (Lipinski definition) is 4. The summed E-state index contributed by atoms with van der Waals surface area (Å²) in [5, 5.41) is 9.19. The molecule has 0 bridgehead atoms. The molecule has 1 atom stereocenters. The number of ether oxygens (including phenoxy) is 1. The van der Waals surface area contributed by atoms with Crippen LogP contribution < -0.4 is 9.46 Å². The van der Waals surface area contributed by atoms with Crippen LogP contribution in [0.1, 0.15) is 43.4 Å². The monoisotopic (exact) mass is 391 g/mol. The van der Waals surface area contributed by atoms with E-state index in [9.17, 15) is 18.3 Å². The molecule has 0 fully saturated rings. The maximum absolute atomic E-state index is 12.6. The number of rotatable bonds is 10. The quantitative estimate of drug-likeness (QED) is 0.603. The third-order valence-electron chi connectivity index (χ3n) is 4.06. The SMILES string of the molecule is CCCCOc1ccc(C(CC(=O)O)NS(=O)(=O)c2ccc(C)cc2)cc1. The lowest BCUT2D eigenvalue weighted by molar-refractivity contribution is -0.137. The summed E-state index contributed by atoms with van der Waals surface area (Å²) in [6.07, 6.45) is 1.61. The summed E-state index contributed by atoms with van der Waals surface area (Å²) in [5.41, 5.74) is 1.51. The highest BCUT2D eigenvalue weighted by Crippen LogP contribution is 2.23. The van der Waals surface area contributed by atoms with Gasteiger partial charge in [0, 0.05) is 0 Å². The maximum atomic E-state index is 12.6. The summed E-state index contributed by atoms with van der Waals surface area (Å²) in [4.78, 5) is 11.3. The predicted molar refractivity (Wildman–Crippen MR) is 103 cm³/mol. The normalized spacial score (nSPS) is 12.5. The standard InChI is InChI=1S/C20H25NO5S/c1-3-4-13-26-17-9-7-16(8-10-17)19(14-20(22)23)21-27(24,25)18-11-5-15(2)6-12-18/h5-12,19,21H,3-4,13-14H2,1-2H3,(H,22,23). The highest BCUT2D eigenvalue weighted by molar-refractivity contribution is 7.89. The molecule has 146 valence electrons. The van der Waals surface area contributed by atoms with E-state index in [1.165, 1.54) is 12.1 Å². The van der Waals surface area contributed by atoms with E-state index < -0.39 is 22.0 Å². The van der Waals surface area contributed by atoms with Crippen LogP contribution >= 0.6 is 0 Å². The van der Waals surface area contributed by atoms with Crippen molar-refractivity contribution in [3.05, 3.63) is 59.7 Å². The fraction of sp³-hybridized carbons (Fsp3) is 0.350. The summed E-state index contributed by atoms with van der Waals surface area (Å²) in [7, 11) is -3.84. The largest absolute Gasteiger partial charge is 0.494 e. The van der Waals surface area contributed by atoms with Gasteiger partial charge in [-0.1, -0.05) is 43.2 Å². The molecule has 2 aromatic rings. The van der Waals surface area contributed by atoms with Crippen molar-refractivity contribution in [1.29, 1.82) is 0 Å². The first-order chi connectivity index (χ1) is 12.8. The predicted octanol–water partition coefficient (Wildman–Crippen LogP) is 3.67. The minimum atomic E-state index is -3.84. The van der Waals surface area contributed by atoms with Crippen LogP contribution in [-0.2, 0) is 14.8 Å². The van der Waals surface area contributed by atoms with Gasteiger partial charge in [0.15, 0.2) is 0 Å². The number of aryl methyl sites for hydroxylation is 1. The van der Waals surface area contributed by atoms with Crippen molar-refractivity contribution >= 4 is 16.0 Å². The van der Waals surface area contributed by atoms with Crippen LogP contribution in [0, 0.1) is 6.92 Å². The molecule has 0 aliphatic carbocycles. The Hall–Kier alpha value is -2.38. The highest BCUT2D eigenvalue weighted by Gasteiger charge is 2.23. The van der Waals surface area contributed by atoms with Crippen molar-refractivity contribution in [3.63, 3.8) is 0 Å². The topological polar surface area (TPSA) is 92.7 Å². The molecule has 2 aromatic carbocycles. The second-order valence-electron chi connectivity index (χ2n) is 6.36. The van der Waals surface area contributed by atoms with Crippen molar-refractivity contribution in [2.75, 3.05) is 6.61 Å². The first-order valence-electron chi connectivity index (χ1n) is 8.85. The molecule has 0 heterocycles. The number of benzene rings is 2. The zero-order valence-corrected chi connectivity index (χ0v) is 16.3. The molecule has 2 rings (SSSR count). The van der Waals surface area contributed by atoms with Crippen molar-refractivity contribution in [3.8, 4) is 5.75 Å². The van der Waals surface area contributed by atoms with Crippen LogP contribution in [0.4, 0.5) is 0 Å². The van der Waals surface area contributed by atoms with E-state index in [1.54, 1.807) is 36.4 Å². The van der Waals surface area contributed by atoms with Gasteiger partial charge in [-0.2, -0.15) is 0 Å². The summed E-state index contributed by atoms with van der Waals surface area (Å²) in [6.45, 7) is 4.54. The second-order valence-corrected chi connectivity index (χ2v) is 8.07. The average molecular weight is 391 g/mol. The highest BCUT2D eigenvalue weighted by atomic mass is 32.2. The lowest BCUT2D eigenvalue weighted by Gasteiger charge is -2.18. The van der Waals surface area contributed by atoms with E-state index in [0.29, 0.717) is 17.9 Å². The minimum absolute atomic E-state index is 0.100. The molecule has 27 heavy (non-hydrogen) atoms. The number of carboxylic acids is 1. The van der Waals surface area contributed by atoms with Gasteiger partial charge in [-0.3, -0.25) is 4.79 Å². The lowest BCUT2D eigenvalue weighted by Crippen LogP contribution is -2.30. The van der Waals surface area contributed by atoms with E-state index in [1.807, 2.05) is 6.92 Å². The van der Waals surface area contributed by atoms with E-state index in [-0.39, 0.29) is 11.3 Å². The molecule has 7 heteroatoms. The van der Waals surface area contributed by atoms with E-state index >= 15 is 0 Å². The van der Waals surface area contributed by atoms with Crippen molar-refractivity contribution in [1.82, 2.24) is 4.72 Å². The summed E-state index contributed by atoms with van der Waals surface area (Å²) >= 11 is 0. The van der Waals surface area contributed by atoms with Gasteiger partial charge in [0.1, 0.15) is 5.75 Å². The smallest absolute Gasteiger partial charge is 0.305 e. The molecule has 0 radical (unpaired) electrons. The van der Waals surface area contributed by atoms with Crippen LogP contribution in [0.3, 0.4) is 0 Å². The Morgan fingerprint density at radius 3 is 2.30 bits per heavy atom. The van der Waals surface area contributed by atoms with Crippen LogP contribution in [-0.4, -0.2) is 26.1 Å². The Morgan fingerprint density at radius 1 is 1.11 bits per heavy atom. The Morgan fingerprint density at radius 2 is 1.74 bits per heavy atom. The molecule has 0 saturated heterocycles. The van der Waals surface area contributed by atoms with Crippen LogP contribution in [0.25, 0.3) is 0 Å². The third kappa shape index (κ3) is 6.37. The molecule has 0 aliphatic heterocycles. The van der Waals surface area contributed by atoms with Crippen molar-refractivity contribution < 1.29 is 23.1 Å². The fourth-order valence-corrected chi connectivity index (χ4v) is 3.73. The molecule has 0 spiro atoms. The van der Waals surface area contributed by atoms with Gasteiger partial charge in [-0.05, 0) is 43.2 Å². The summed E-state index contributed by atoms with van der Waals surface area (Å²) < 4.78 is 33.3. The third-order valence-corrected chi connectivity index (χ3v) is 5.54. The fourth-order valence-electron chi connectivity index (χ4n) is 2.51. The first-order valence-corrected chi connectivity index (χ1v) is 10.3. The second kappa shape index (κ2) is 9.53. The number of hydrogen-bond donors (Lipinski definition) is 2. The van der Waals surface area contributed by atoms with Gasteiger partial charge < -0.3 is 9.84 Å². The van der Waals surface area contributed by atoms with Gasteiger partial charge >= 0.3 is 5.97 Å². The number of nitrogens with one attached hydrogen (secondary N) is 1. The Kier molecular flexibility index (Phi) is 7.38. The molecule has 0 aliphatic rings. The van der Waals surface area contributed by atoms with Gasteiger partial charge in [-0.25, -0.2) is 13.1 Å². The zero-order chi connectivity index (χ0) is 19.9. The van der Waals surface area contributed by atoms with E-state index in [2.05, 4.69) is 11.6 Å². The van der Waals surface area contributed by atoms with Crippen LogP contribution in [0.5, 0.6) is 5.75 Å².